The number of esters is 2. The van der Waals surface area contributed by atoms with Crippen LogP contribution < -0.4 is 0 Å². The zero-order valence-corrected chi connectivity index (χ0v) is 12.6. The van der Waals surface area contributed by atoms with Gasteiger partial charge in [-0.1, -0.05) is 27.7 Å². The quantitative estimate of drug-likeness (QED) is 0.507. The maximum atomic E-state index is 11.8. The van der Waals surface area contributed by atoms with E-state index >= 15 is 0 Å². The van der Waals surface area contributed by atoms with E-state index in [-0.39, 0.29) is 30.3 Å². The number of carbonyl (C=O) groups is 2. The number of halogens is 2. The monoisotopic (exact) mass is 294 g/mol. The molecule has 0 spiro atoms. The average molecular weight is 294 g/mol. The second kappa shape index (κ2) is 8.87. The van der Waals surface area contributed by atoms with Crippen molar-refractivity contribution in [3.05, 3.63) is 0 Å². The van der Waals surface area contributed by atoms with Gasteiger partial charge >= 0.3 is 18.6 Å². The third-order valence-corrected chi connectivity index (χ3v) is 2.51. The van der Waals surface area contributed by atoms with E-state index in [1.807, 2.05) is 20.8 Å². The number of carbonyl (C=O) groups excluding carboxylic acids is 2. The highest BCUT2D eigenvalue weighted by molar-refractivity contribution is 5.70. The smallest absolute Gasteiger partial charge is 0.389 e. The third-order valence-electron chi connectivity index (χ3n) is 2.51. The Morgan fingerprint density at radius 3 is 2.25 bits per heavy atom. The van der Waals surface area contributed by atoms with Crippen LogP contribution in [0.25, 0.3) is 0 Å². The van der Waals surface area contributed by atoms with E-state index in [2.05, 4.69) is 4.74 Å². The van der Waals surface area contributed by atoms with Crippen molar-refractivity contribution in [2.75, 3.05) is 6.61 Å². The molecule has 1 unspecified atom stereocenters. The highest BCUT2D eigenvalue weighted by Gasteiger charge is 2.17. The molecule has 0 aromatic heterocycles. The number of hydrogen-bond donors (Lipinski definition) is 0. The maximum Gasteiger partial charge on any atom is 0.389 e. The van der Waals surface area contributed by atoms with Crippen molar-refractivity contribution in [2.45, 2.75) is 60.0 Å². The minimum absolute atomic E-state index is 0.0553. The van der Waals surface area contributed by atoms with E-state index in [9.17, 15) is 18.4 Å². The minimum Gasteiger partial charge on any atom is -0.466 e. The van der Waals surface area contributed by atoms with Crippen LogP contribution in [0.1, 0.15) is 53.4 Å². The lowest BCUT2D eigenvalue weighted by atomic mass is 9.92. The van der Waals surface area contributed by atoms with E-state index in [0.717, 1.165) is 0 Å². The molecule has 0 rings (SSSR count). The molecular weight excluding hydrogens is 270 g/mol. The second-order valence-electron chi connectivity index (χ2n) is 6.16. The molecule has 0 fully saturated rings. The van der Waals surface area contributed by atoms with Gasteiger partial charge in [0.25, 0.3) is 0 Å². The van der Waals surface area contributed by atoms with E-state index < -0.39 is 12.6 Å². The topological polar surface area (TPSA) is 52.6 Å². The molecule has 0 saturated heterocycles. The van der Waals surface area contributed by atoms with Gasteiger partial charge in [-0.15, -0.1) is 0 Å². The highest BCUT2D eigenvalue weighted by atomic mass is 19.3. The predicted octanol–water partition coefficient (Wildman–Crippen LogP) is 3.54. The standard InChI is InChI=1S/C14H24F2O4/c1-10(8-11(17)20-13(15)16)6-5-7-19-12(18)9-14(2,3)4/h10,13H,5-9H2,1-4H3. The van der Waals surface area contributed by atoms with Crippen LogP contribution >= 0.6 is 0 Å². The van der Waals surface area contributed by atoms with Crippen LogP contribution in [0.3, 0.4) is 0 Å². The molecule has 0 amide bonds. The van der Waals surface area contributed by atoms with Gasteiger partial charge in [-0.2, -0.15) is 8.78 Å². The van der Waals surface area contributed by atoms with Crippen LogP contribution in [-0.4, -0.2) is 25.2 Å². The summed E-state index contributed by atoms with van der Waals surface area (Å²) < 4.78 is 32.4. The summed E-state index contributed by atoms with van der Waals surface area (Å²) in [4.78, 5) is 22.4. The van der Waals surface area contributed by atoms with Crippen LogP contribution in [0.2, 0.25) is 0 Å². The Morgan fingerprint density at radius 2 is 1.75 bits per heavy atom. The number of ether oxygens (including phenoxy) is 2. The molecule has 6 heteroatoms. The molecule has 0 bridgehead atoms. The van der Waals surface area contributed by atoms with Crippen molar-refractivity contribution in [3.63, 3.8) is 0 Å². The number of alkyl halides is 2. The van der Waals surface area contributed by atoms with Crippen molar-refractivity contribution in [3.8, 4) is 0 Å². The van der Waals surface area contributed by atoms with Gasteiger partial charge in [0, 0.05) is 6.42 Å². The van der Waals surface area contributed by atoms with Gasteiger partial charge in [-0.25, -0.2) is 0 Å². The summed E-state index contributed by atoms with van der Waals surface area (Å²) in [6.45, 7) is 4.83. The van der Waals surface area contributed by atoms with E-state index in [1.165, 1.54) is 0 Å². The summed E-state index contributed by atoms with van der Waals surface area (Å²) in [7, 11) is 0. The average Bonchev–Trinajstić information content (AvgIpc) is 2.20. The van der Waals surface area contributed by atoms with Crippen molar-refractivity contribution >= 4 is 11.9 Å². The first-order valence-electron chi connectivity index (χ1n) is 6.73. The first-order chi connectivity index (χ1) is 9.10. The lowest BCUT2D eigenvalue weighted by molar-refractivity contribution is -0.177. The fraction of sp³-hybridized carbons (Fsp3) is 0.857. The molecule has 0 saturated carbocycles. The molecule has 0 aliphatic carbocycles. The van der Waals surface area contributed by atoms with Crippen molar-refractivity contribution in [1.29, 1.82) is 0 Å². The molecule has 0 N–H and O–H groups in total. The first kappa shape index (κ1) is 18.8. The molecule has 20 heavy (non-hydrogen) atoms. The Kier molecular flexibility index (Phi) is 8.34. The molecule has 0 aliphatic heterocycles. The molecule has 4 nitrogen and oxygen atoms in total. The van der Waals surface area contributed by atoms with Crippen molar-refractivity contribution in [1.82, 2.24) is 0 Å². The summed E-state index contributed by atoms with van der Waals surface area (Å²) >= 11 is 0. The van der Waals surface area contributed by atoms with Gasteiger partial charge in [0.2, 0.25) is 0 Å². The fourth-order valence-electron chi connectivity index (χ4n) is 1.64. The Bertz CT molecular complexity index is 311. The van der Waals surface area contributed by atoms with Crippen LogP contribution in [0.5, 0.6) is 0 Å². The SMILES string of the molecule is CC(CCCOC(=O)CC(C)(C)C)CC(=O)OC(F)F. The van der Waals surface area contributed by atoms with Crippen LogP contribution in [0.4, 0.5) is 8.78 Å². The van der Waals surface area contributed by atoms with Crippen molar-refractivity contribution in [2.24, 2.45) is 11.3 Å². The van der Waals surface area contributed by atoms with Gasteiger partial charge in [0.1, 0.15) is 0 Å². The Balaban J connectivity index is 3.69. The van der Waals surface area contributed by atoms with Gasteiger partial charge in [0.15, 0.2) is 0 Å². The predicted molar refractivity (Wildman–Crippen MR) is 70.1 cm³/mol. The number of rotatable bonds is 8. The molecule has 118 valence electrons. The van der Waals surface area contributed by atoms with Crippen molar-refractivity contribution < 1.29 is 27.8 Å². The molecule has 1 atom stereocenters. The maximum absolute atomic E-state index is 11.8. The van der Waals surface area contributed by atoms with E-state index in [4.69, 9.17) is 4.74 Å². The van der Waals surface area contributed by atoms with Crippen LogP contribution in [0, 0.1) is 11.3 Å². The molecular formula is C14H24F2O4. The van der Waals surface area contributed by atoms with Gasteiger partial charge in [-0.05, 0) is 24.2 Å². The zero-order chi connectivity index (χ0) is 15.8. The van der Waals surface area contributed by atoms with E-state index in [1.54, 1.807) is 6.92 Å². The molecule has 0 aromatic carbocycles. The minimum atomic E-state index is -3.06. The van der Waals surface area contributed by atoms with E-state index in [0.29, 0.717) is 19.3 Å². The zero-order valence-electron chi connectivity index (χ0n) is 12.6. The summed E-state index contributed by atoms with van der Waals surface area (Å²) in [5.74, 6) is -1.23. The Morgan fingerprint density at radius 1 is 1.15 bits per heavy atom. The summed E-state index contributed by atoms with van der Waals surface area (Å²) in [5.41, 5.74) is -0.108. The third kappa shape index (κ3) is 11.9. The molecule has 0 aliphatic rings. The van der Waals surface area contributed by atoms with Crippen LogP contribution in [-0.2, 0) is 19.1 Å². The van der Waals surface area contributed by atoms with Gasteiger partial charge in [-0.3, -0.25) is 9.59 Å². The first-order valence-corrected chi connectivity index (χ1v) is 6.73. The molecule has 0 aromatic rings. The van der Waals surface area contributed by atoms with Gasteiger partial charge in [0.05, 0.1) is 13.0 Å². The lowest BCUT2D eigenvalue weighted by Crippen LogP contribution is -2.16. The Hall–Kier alpha value is -1.20. The normalized spacial score (nSPS) is 13.2. The second-order valence-corrected chi connectivity index (χ2v) is 6.16. The van der Waals surface area contributed by atoms with Crippen LogP contribution in [0.15, 0.2) is 0 Å². The Labute approximate surface area is 118 Å². The molecule has 0 radical (unpaired) electrons. The summed E-state index contributed by atoms with van der Waals surface area (Å²) in [6.07, 6.45) is 1.50. The highest BCUT2D eigenvalue weighted by Crippen LogP contribution is 2.19. The fourth-order valence-corrected chi connectivity index (χ4v) is 1.64. The largest absolute Gasteiger partial charge is 0.466 e. The summed E-state index contributed by atoms with van der Waals surface area (Å²) in [6, 6.07) is 0. The molecule has 0 heterocycles. The number of hydrogen-bond acceptors (Lipinski definition) is 4. The lowest BCUT2D eigenvalue weighted by Gasteiger charge is -2.17. The van der Waals surface area contributed by atoms with Gasteiger partial charge < -0.3 is 9.47 Å². The summed E-state index contributed by atoms with van der Waals surface area (Å²) in [5, 5.41) is 0.